The van der Waals surface area contributed by atoms with E-state index < -0.39 is 0 Å². The molecule has 0 spiro atoms. The SMILES string of the molecule is Cc1cccc(NC(=O)COc2c(Br)cc(/C=C3\SC(=O)N(CCOc4ccc(Cl)cc4)C3=O)cc2Br)c1. The molecule has 0 aliphatic carbocycles. The van der Waals surface area contributed by atoms with Crippen molar-refractivity contribution in [2.24, 2.45) is 0 Å². The van der Waals surface area contributed by atoms with Crippen LogP contribution >= 0.6 is 55.2 Å². The predicted octanol–water partition coefficient (Wildman–Crippen LogP) is 7.31. The zero-order valence-electron chi connectivity index (χ0n) is 20.0. The lowest BCUT2D eigenvalue weighted by Crippen LogP contribution is -2.32. The molecule has 1 heterocycles. The Bertz CT molecular complexity index is 1390. The first-order valence-corrected chi connectivity index (χ1v) is 14.1. The molecule has 1 saturated heterocycles. The monoisotopic (exact) mass is 678 g/mol. The number of carbonyl (C=O) groups excluding carboxylic acids is 3. The summed E-state index contributed by atoms with van der Waals surface area (Å²) in [6, 6.07) is 17.8. The van der Waals surface area contributed by atoms with Gasteiger partial charge in [-0.2, -0.15) is 0 Å². The van der Waals surface area contributed by atoms with Gasteiger partial charge in [0.25, 0.3) is 17.1 Å². The lowest BCUT2D eigenvalue weighted by atomic mass is 10.2. The zero-order valence-corrected chi connectivity index (χ0v) is 24.7. The van der Waals surface area contributed by atoms with E-state index >= 15 is 0 Å². The van der Waals surface area contributed by atoms with Crippen molar-refractivity contribution < 1.29 is 23.9 Å². The number of anilines is 1. The zero-order chi connectivity index (χ0) is 27.2. The number of amides is 3. The number of carbonyl (C=O) groups is 3. The number of nitrogens with one attached hydrogen (secondary N) is 1. The standard InChI is InChI=1S/C27H21Br2ClN2O5S/c1-16-3-2-4-19(11-16)31-24(33)15-37-25-21(28)12-17(13-22(25)29)14-23-26(34)32(27(35)38-23)9-10-36-20-7-5-18(30)6-8-20/h2-8,11-14H,9-10,15H2,1H3,(H,31,33)/b23-14-. The van der Waals surface area contributed by atoms with Gasteiger partial charge in [-0.15, -0.1) is 0 Å². The Morgan fingerprint density at radius 1 is 1.05 bits per heavy atom. The molecular formula is C27H21Br2ClN2O5S. The van der Waals surface area contributed by atoms with E-state index in [9.17, 15) is 14.4 Å². The molecule has 0 aromatic heterocycles. The van der Waals surface area contributed by atoms with Gasteiger partial charge in [-0.05, 0) is 116 Å². The summed E-state index contributed by atoms with van der Waals surface area (Å²) in [6.45, 7) is 2.03. The number of halogens is 3. The minimum atomic E-state index is -0.389. The molecule has 0 saturated carbocycles. The number of aryl methyl sites for hydroxylation is 1. The van der Waals surface area contributed by atoms with E-state index in [0.29, 0.717) is 41.6 Å². The molecule has 3 aromatic rings. The van der Waals surface area contributed by atoms with Crippen LogP contribution in [0.15, 0.2) is 74.5 Å². The van der Waals surface area contributed by atoms with Gasteiger partial charge in [0.05, 0.1) is 20.4 Å². The molecule has 1 aliphatic heterocycles. The van der Waals surface area contributed by atoms with E-state index in [0.717, 1.165) is 22.2 Å². The van der Waals surface area contributed by atoms with E-state index in [1.165, 1.54) is 0 Å². The van der Waals surface area contributed by atoms with Crippen LogP contribution in [0.2, 0.25) is 5.02 Å². The van der Waals surface area contributed by atoms with Crippen molar-refractivity contribution in [1.29, 1.82) is 0 Å². The normalized spacial score (nSPS) is 14.2. The van der Waals surface area contributed by atoms with Crippen LogP contribution < -0.4 is 14.8 Å². The Morgan fingerprint density at radius 2 is 1.76 bits per heavy atom. The van der Waals surface area contributed by atoms with Crippen molar-refractivity contribution in [3.05, 3.63) is 90.7 Å². The van der Waals surface area contributed by atoms with Crippen LogP contribution in [0.3, 0.4) is 0 Å². The number of nitrogens with zero attached hydrogens (tertiary/aromatic N) is 1. The van der Waals surface area contributed by atoms with Gasteiger partial charge in [0.1, 0.15) is 18.1 Å². The van der Waals surface area contributed by atoms with Gasteiger partial charge in [0.2, 0.25) is 0 Å². The third-order valence-electron chi connectivity index (χ3n) is 5.24. The largest absolute Gasteiger partial charge is 0.492 e. The van der Waals surface area contributed by atoms with Crippen LogP contribution in [-0.2, 0) is 9.59 Å². The summed E-state index contributed by atoms with van der Waals surface area (Å²) in [5.41, 5.74) is 2.40. The van der Waals surface area contributed by atoms with Crippen LogP contribution in [0.25, 0.3) is 6.08 Å². The molecule has 38 heavy (non-hydrogen) atoms. The number of ether oxygens (including phenoxy) is 2. The average molecular weight is 681 g/mol. The van der Waals surface area contributed by atoms with E-state index in [1.807, 2.05) is 25.1 Å². The van der Waals surface area contributed by atoms with Crippen molar-refractivity contribution in [1.82, 2.24) is 4.90 Å². The fourth-order valence-electron chi connectivity index (χ4n) is 3.49. The summed E-state index contributed by atoms with van der Waals surface area (Å²) in [5, 5.41) is 3.03. The molecule has 1 aliphatic rings. The molecule has 3 aromatic carbocycles. The fraction of sp³-hybridized carbons (Fsp3) is 0.148. The molecule has 0 unspecified atom stereocenters. The van der Waals surface area contributed by atoms with E-state index in [4.69, 9.17) is 21.1 Å². The first kappa shape index (κ1) is 28.2. The maximum atomic E-state index is 12.8. The first-order valence-electron chi connectivity index (χ1n) is 11.3. The maximum Gasteiger partial charge on any atom is 0.293 e. The Kier molecular flexibility index (Phi) is 9.54. The topological polar surface area (TPSA) is 84.9 Å². The number of hydrogen-bond acceptors (Lipinski definition) is 6. The molecule has 0 radical (unpaired) electrons. The molecule has 11 heteroatoms. The smallest absolute Gasteiger partial charge is 0.293 e. The molecular weight excluding hydrogens is 660 g/mol. The second-order valence-corrected chi connectivity index (χ2v) is 11.3. The highest BCUT2D eigenvalue weighted by atomic mass is 79.9. The fourth-order valence-corrected chi connectivity index (χ4v) is 5.93. The second kappa shape index (κ2) is 12.8. The van der Waals surface area contributed by atoms with Crippen LogP contribution in [0.5, 0.6) is 11.5 Å². The summed E-state index contributed by atoms with van der Waals surface area (Å²) in [5.74, 6) is 0.350. The van der Waals surface area contributed by atoms with E-state index in [2.05, 4.69) is 37.2 Å². The minimum Gasteiger partial charge on any atom is -0.492 e. The second-order valence-electron chi connectivity index (χ2n) is 8.16. The number of benzene rings is 3. The number of hydrogen-bond donors (Lipinski definition) is 1. The Balaban J connectivity index is 1.36. The molecule has 3 amide bonds. The van der Waals surface area contributed by atoms with E-state index in [1.54, 1.807) is 48.5 Å². The summed E-state index contributed by atoms with van der Waals surface area (Å²) in [6.07, 6.45) is 1.63. The van der Waals surface area contributed by atoms with Gasteiger partial charge in [0, 0.05) is 10.7 Å². The molecule has 0 atom stereocenters. The molecule has 7 nitrogen and oxygen atoms in total. The maximum absolute atomic E-state index is 12.8. The number of imide groups is 1. The summed E-state index contributed by atoms with van der Waals surface area (Å²) in [4.78, 5) is 39.0. The Morgan fingerprint density at radius 3 is 2.45 bits per heavy atom. The highest BCUT2D eigenvalue weighted by molar-refractivity contribution is 9.11. The number of thioether (sulfide) groups is 1. The minimum absolute atomic E-state index is 0.120. The summed E-state index contributed by atoms with van der Waals surface area (Å²) < 4.78 is 12.5. The van der Waals surface area contributed by atoms with Crippen molar-refractivity contribution in [2.45, 2.75) is 6.92 Å². The molecule has 0 bridgehead atoms. The first-order chi connectivity index (χ1) is 18.2. The van der Waals surface area contributed by atoms with Crippen molar-refractivity contribution in [2.75, 3.05) is 25.1 Å². The van der Waals surface area contributed by atoms with E-state index in [-0.39, 0.29) is 36.8 Å². The van der Waals surface area contributed by atoms with Gasteiger partial charge in [-0.3, -0.25) is 19.3 Å². The quantitative estimate of drug-likeness (QED) is 0.239. The van der Waals surface area contributed by atoms with Crippen LogP contribution in [0.4, 0.5) is 10.5 Å². The highest BCUT2D eigenvalue weighted by Gasteiger charge is 2.34. The van der Waals surface area contributed by atoms with Gasteiger partial charge < -0.3 is 14.8 Å². The van der Waals surface area contributed by atoms with Crippen molar-refractivity contribution in [3.8, 4) is 11.5 Å². The summed E-state index contributed by atoms with van der Waals surface area (Å²) >= 11 is 13.7. The molecule has 1 fully saturated rings. The van der Waals surface area contributed by atoms with Crippen LogP contribution in [0, 0.1) is 6.92 Å². The highest BCUT2D eigenvalue weighted by Crippen LogP contribution is 2.37. The third-order valence-corrected chi connectivity index (χ3v) is 7.58. The lowest BCUT2D eigenvalue weighted by Gasteiger charge is -2.13. The third kappa shape index (κ3) is 7.41. The average Bonchev–Trinajstić information content (AvgIpc) is 3.12. The number of rotatable bonds is 9. The molecule has 1 N–H and O–H groups in total. The van der Waals surface area contributed by atoms with Crippen molar-refractivity contribution in [3.63, 3.8) is 0 Å². The molecule has 4 rings (SSSR count). The summed E-state index contributed by atoms with van der Waals surface area (Å²) in [7, 11) is 0. The Labute approximate surface area is 245 Å². The van der Waals surface area contributed by atoms with Crippen LogP contribution in [-0.4, -0.2) is 41.7 Å². The Hall–Kier alpha value is -2.79. The molecule has 196 valence electrons. The van der Waals surface area contributed by atoms with Gasteiger partial charge in [-0.25, -0.2) is 0 Å². The van der Waals surface area contributed by atoms with Crippen LogP contribution in [0.1, 0.15) is 11.1 Å². The van der Waals surface area contributed by atoms with Gasteiger partial charge in [-0.1, -0.05) is 23.7 Å². The van der Waals surface area contributed by atoms with Gasteiger partial charge in [0.15, 0.2) is 6.61 Å². The van der Waals surface area contributed by atoms with Crippen molar-refractivity contribution >= 4 is 84.0 Å². The van der Waals surface area contributed by atoms with Gasteiger partial charge >= 0.3 is 0 Å². The lowest BCUT2D eigenvalue weighted by molar-refractivity contribution is -0.123. The predicted molar refractivity (Wildman–Crippen MR) is 157 cm³/mol.